The van der Waals surface area contributed by atoms with Gasteiger partial charge in [0.2, 0.25) is 0 Å². The van der Waals surface area contributed by atoms with Crippen LogP contribution >= 0.6 is 0 Å². The van der Waals surface area contributed by atoms with Gasteiger partial charge in [0.1, 0.15) is 5.84 Å². The molecule has 0 spiro atoms. The van der Waals surface area contributed by atoms with Crippen molar-refractivity contribution in [3.63, 3.8) is 0 Å². The van der Waals surface area contributed by atoms with E-state index in [0.29, 0.717) is 17.9 Å². The standard InChI is InChI=1S/C14H23N5O6S/c15-13(16-12(20)9-17-6-2-1-3-7-17)11-5-4-10-8-18(11)14(21)19(10)25-26(22,23)24/h10-11H,1-9H2,(H2,15,16,20)(H,22,23,24). The SMILES string of the molecule is NC(=NC(=O)CN1CCCCC1)C1CCC2CN1C(=O)N2OS(=O)(=O)O. The van der Waals surface area contributed by atoms with Gasteiger partial charge in [0.05, 0.1) is 18.6 Å². The van der Waals surface area contributed by atoms with Gasteiger partial charge < -0.3 is 10.6 Å². The summed E-state index contributed by atoms with van der Waals surface area (Å²) in [5.74, 6) is -0.322. The monoisotopic (exact) mass is 389 g/mol. The van der Waals surface area contributed by atoms with Crippen molar-refractivity contribution in [3.8, 4) is 0 Å². The van der Waals surface area contributed by atoms with Gasteiger partial charge in [0.25, 0.3) is 5.91 Å². The number of likely N-dealkylation sites (tertiary alicyclic amines) is 1. The molecule has 0 aromatic heterocycles. The molecular formula is C14H23N5O6S. The van der Waals surface area contributed by atoms with E-state index in [1.807, 2.05) is 4.90 Å². The van der Waals surface area contributed by atoms with Crippen molar-refractivity contribution in [2.45, 2.75) is 44.2 Å². The zero-order valence-corrected chi connectivity index (χ0v) is 15.1. The number of amides is 3. The summed E-state index contributed by atoms with van der Waals surface area (Å²) in [4.78, 5) is 31.8. The normalized spacial score (nSPS) is 27.9. The molecule has 3 aliphatic heterocycles. The maximum atomic E-state index is 12.3. The van der Waals surface area contributed by atoms with Crippen LogP contribution in [0.3, 0.4) is 0 Å². The van der Waals surface area contributed by atoms with Gasteiger partial charge in [-0.3, -0.25) is 14.2 Å². The lowest BCUT2D eigenvalue weighted by Gasteiger charge is -2.30. The van der Waals surface area contributed by atoms with Crippen LogP contribution in [0.5, 0.6) is 0 Å². The van der Waals surface area contributed by atoms with Crippen LogP contribution in [-0.2, 0) is 19.5 Å². The number of nitrogens with zero attached hydrogens (tertiary/aromatic N) is 4. The summed E-state index contributed by atoms with van der Waals surface area (Å²) in [7, 11) is -4.79. The number of carbonyl (C=O) groups is 2. The number of carbonyl (C=O) groups excluding carboxylic acids is 2. The zero-order chi connectivity index (χ0) is 18.9. The van der Waals surface area contributed by atoms with E-state index in [1.165, 1.54) is 11.3 Å². The van der Waals surface area contributed by atoms with Crippen LogP contribution in [0.15, 0.2) is 4.99 Å². The highest BCUT2D eigenvalue weighted by molar-refractivity contribution is 7.80. The Hall–Kier alpha value is -1.76. The number of amidine groups is 1. The molecule has 2 bridgehead atoms. The maximum Gasteiger partial charge on any atom is 0.418 e. The fourth-order valence-electron chi connectivity index (χ4n) is 3.70. The van der Waals surface area contributed by atoms with Crippen molar-refractivity contribution < 1.29 is 26.8 Å². The average Bonchev–Trinajstić information content (AvgIpc) is 2.79. The lowest BCUT2D eigenvalue weighted by Crippen LogP contribution is -2.48. The molecule has 3 saturated heterocycles. The second-order valence-electron chi connectivity index (χ2n) is 6.78. The molecule has 11 nitrogen and oxygen atoms in total. The Bertz CT molecular complexity index is 705. The molecule has 26 heavy (non-hydrogen) atoms. The first-order valence-corrected chi connectivity index (χ1v) is 9.97. The van der Waals surface area contributed by atoms with Crippen LogP contribution in [0.25, 0.3) is 0 Å². The molecular weight excluding hydrogens is 366 g/mol. The lowest BCUT2D eigenvalue weighted by atomic mass is 10.0. The molecule has 12 heteroatoms. The van der Waals surface area contributed by atoms with E-state index in [2.05, 4.69) is 9.28 Å². The number of aliphatic imine (C=N–C) groups is 1. The molecule has 3 N–H and O–H groups in total. The van der Waals surface area contributed by atoms with E-state index in [1.54, 1.807) is 0 Å². The third kappa shape index (κ3) is 4.31. The van der Waals surface area contributed by atoms with Crippen LogP contribution < -0.4 is 5.73 Å². The Morgan fingerprint density at radius 2 is 1.96 bits per heavy atom. The second-order valence-corrected chi connectivity index (χ2v) is 7.78. The van der Waals surface area contributed by atoms with Crippen LogP contribution in [0.1, 0.15) is 32.1 Å². The van der Waals surface area contributed by atoms with E-state index >= 15 is 0 Å². The van der Waals surface area contributed by atoms with Crippen LogP contribution in [0.2, 0.25) is 0 Å². The number of nitrogens with two attached hydrogens (primary N) is 1. The zero-order valence-electron chi connectivity index (χ0n) is 14.3. The Kier molecular flexibility index (Phi) is 5.46. The number of hydrogen-bond donors (Lipinski definition) is 2. The van der Waals surface area contributed by atoms with E-state index in [-0.39, 0.29) is 24.8 Å². The number of hydrogen-bond acceptors (Lipinski definition) is 6. The summed E-state index contributed by atoms with van der Waals surface area (Å²) >= 11 is 0. The number of urea groups is 1. The van der Waals surface area contributed by atoms with E-state index in [0.717, 1.165) is 25.9 Å². The fourth-order valence-corrected chi connectivity index (χ4v) is 4.09. The summed E-state index contributed by atoms with van der Waals surface area (Å²) in [6.45, 7) is 2.11. The van der Waals surface area contributed by atoms with E-state index in [9.17, 15) is 18.0 Å². The summed E-state index contributed by atoms with van der Waals surface area (Å²) in [6, 6.07) is -1.83. The molecule has 0 saturated carbocycles. The topological polar surface area (TPSA) is 146 Å². The minimum Gasteiger partial charge on any atom is -0.385 e. The van der Waals surface area contributed by atoms with Crippen LogP contribution in [0.4, 0.5) is 4.79 Å². The van der Waals surface area contributed by atoms with Crippen molar-refractivity contribution in [1.29, 1.82) is 0 Å². The van der Waals surface area contributed by atoms with E-state index in [4.69, 9.17) is 10.3 Å². The summed E-state index contributed by atoms with van der Waals surface area (Å²) < 4.78 is 34.9. The van der Waals surface area contributed by atoms with Crippen molar-refractivity contribution in [1.82, 2.24) is 14.9 Å². The van der Waals surface area contributed by atoms with Crippen LogP contribution in [0, 0.1) is 0 Å². The fraction of sp³-hybridized carbons (Fsp3) is 0.786. The third-order valence-corrected chi connectivity index (χ3v) is 5.25. The first-order chi connectivity index (χ1) is 12.2. The molecule has 3 amide bonds. The van der Waals surface area contributed by atoms with Gasteiger partial charge in [-0.05, 0) is 38.8 Å². The third-order valence-electron chi connectivity index (χ3n) is 4.90. The molecule has 3 aliphatic rings. The highest BCUT2D eigenvalue weighted by Crippen LogP contribution is 2.30. The molecule has 0 aliphatic carbocycles. The molecule has 3 rings (SSSR count). The first-order valence-electron chi connectivity index (χ1n) is 8.60. The maximum absolute atomic E-state index is 12.3. The molecule has 2 atom stereocenters. The molecule has 2 unspecified atom stereocenters. The largest absolute Gasteiger partial charge is 0.418 e. The van der Waals surface area contributed by atoms with Gasteiger partial charge in [-0.15, -0.1) is 4.28 Å². The highest BCUT2D eigenvalue weighted by atomic mass is 32.3. The van der Waals surface area contributed by atoms with Crippen LogP contribution in [-0.4, -0.2) is 83.9 Å². The summed E-state index contributed by atoms with van der Waals surface area (Å²) in [5, 5.41) is 0.637. The van der Waals surface area contributed by atoms with Crippen molar-refractivity contribution >= 4 is 28.2 Å². The first kappa shape index (κ1) is 19.0. The smallest absolute Gasteiger partial charge is 0.385 e. The molecule has 146 valence electrons. The van der Waals surface area contributed by atoms with Crippen molar-refractivity contribution in [3.05, 3.63) is 0 Å². The van der Waals surface area contributed by atoms with Crippen molar-refractivity contribution in [2.75, 3.05) is 26.2 Å². The number of hydroxylamine groups is 2. The molecule has 0 aromatic rings. The Morgan fingerprint density at radius 3 is 2.62 bits per heavy atom. The predicted molar refractivity (Wildman–Crippen MR) is 90.3 cm³/mol. The van der Waals surface area contributed by atoms with E-state index < -0.39 is 28.5 Å². The van der Waals surface area contributed by atoms with Gasteiger partial charge >= 0.3 is 16.4 Å². The minimum atomic E-state index is -4.79. The van der Waals surface area contributed by atoms with Gasteiger partial charge in [-0.2, -0.15) is 18.5 Å². The van der Waals surface area contributed by atoms with Gasteiger partial charge in [-0.1, -0.05) is 6.42 Å². The number of piperidine rings is 2. The average molecular weight is 389 g/mol. The predicted octanol–water partition coefficient (Wildman–Crippen LogP) is -0.641. The quantitative estimate of drug-likeness (QED) is 0.359. The number of fused-ring (bicyclic) bond motifs is 2. The molecule has 0 radical (unpaired) electrons. The van der Waals surface area contributed by atoms with Gasteiger partial charge in [-0.25, -0.2) is 4.79 Å². The molecule has 0 aromatic carbocycles. The Labute approximate surface area is 151 Å². The minimum absolute atomic E-state index is 0.0347. The Morgan fingerprint density at radius 1 is 1.27 bits per heavy atom. The highest BCUT2D eigenvalue weighted by Gasteiger charge is 2.48. The molecule has 3 fully saturated rings. The second kappa shape index (κ2) is 7.47. The van der Waals surface area contributed by atoms with Crippen molar-refractivity contribution in [2.24, 2.45) is 10.7 Å². The Balaban J connectivity index is 1.64. The lowest BCUT2D eigenvalue weighted by molar-refractivity contribution is -0.119. The number of rotatable bonds is 5. The van der Waals surface area contributed by atoms with Gasteiger partial charge in [0.15, 0.2) is 0 Å². The summed E-state index contributed by atoms with van der Waals surface area (Å²) in [6.07, 6.45) is 4.12. The molecule has 3 heterocycles. The van der Waals surface area contributed by atoms with Gasteiger partial charge in [0, 0.05) is 6.54 Å². The summed E-state index contributed by atoms with van der Waals surface area (Å²) in [5.41, 5.74) is 5.96.